The maximum atomic E-state index is 11.6. The lowest BCUT2D eigenvalue weighted by molar-refractivity contribution is 0.0601. The second kappa shape index (κ2) is 6.58. The van der Waals surface area contributed by atoms with Crippen molar-refractivity contribution < 1.29 is 9.53 Å². The van der Waals surface area contributed by atoms with Gasteiger partial charge in [0.25, 0.3) is 0 Å². The molecule has 0 amide bonds. The summed E-state index contributed by atoms with van der Waals surface area (Å²) in [5.74, 6) is 0.161. The van der Waals surface area contributed by atoms with Crippen LogP contribution in [0.5, 0.6) is 0 Å². The third-order valence-electron chi connectivity index (χ3n) is 2.50. The Kier molecular flexibility index (Phi) is 4.81. The number of benzene rings is 1. The van der Waals surface area contributed by atoms with E-state index in [-0.39, 0.29) is 0 Å². The number of carbonyl (C=O) groups is 1. The molecule has 0 fully saturated rings. The Labute approximate surface area is 125 Å². The molecular formula is C13H12ClN3O2S. The van der Waals surface area contributed by atoms with Crippen molar-refractivity contribution >= 4 is 40.8 Å². The monoisotopic (exact) mass is 309 g/mol. The first-order chi connectivity index (χ1) is 9.63. The van der Waals surface area contributed by atoms with Gasteiger partial charge in [0.1, 0.15) is 17.2 Å². The number of hydrogen-bond donors (Lipinski definition) is 1. The summed E-state index contributed by atoms with van der Waals surface area (Å²) >= 11 is 7.48. The van der Waals surface area contributed by atoms with Gasteiger partial charge in [0, 0.05) is 11.8 Å². The molecular weight excluding hydrogens is 298 g/mol. The molecule has 20 heavy (non-hydrogen) atoms. The molecule has 0 saturated heterocycles. The number of aromatic nitrogens is 2. The molecule has 1 aromatic carbocycles. The summed E-state index contributed by atoms with van der Waals surface area (Å²) in [5, 5.41) is 4.29. The minimum absolute atomic E-state index is 0.304. The molecule has 5 nitrogen and oxygen atoms in total. The third kappa shape index (κ3) is 3.40. The van der Waals surface area contributed by atoms with E-state index in [0.29, 0.717) is 22.1 Å². The molecule has 0 aliphatic carbocycles. The van der Waals surface area contributed by atoms with Crippen molar-refractivity contribution in [2.45, 2.75) is 5.03 Å². The molecule has 0 atom stereocenters. The fraction of sp³-hybridized carbons (Fsp3) is 0.154. The van der Waals surface area contributed by atoms with E-state index in [9.17, 15) is 4.79 Å². The zero-order chi connectivity index (χ0) is 14.5. The standard InChI is InChI=1S/C13H12ClN3O2S/c1-19-13(18)9-5-8(3-4-10(9)14)17-11-6-12(20-2)16-7-15-11/h3-7H,1-2H3,(H,15,16,17). The van der Waals surface area contributed by atoms with Crippen molar-refractivity contribution in [1.29, 1.82) is 0 Å². The van der Waals surface area contributed by atoms with Crippen molar-refractivity contribution in [2.75, 3.05) is 18.7 Å². The van der Waals surface area contributed by atoms with Gasteiger partial charge >= 0.3 is 5.97 Å². The SMILES string of the molecule is COC(=O)c1cc(Nc2cc(SC)ncn2)ccc1Cl. The van der Waals surface area contributed by atoms with Crippen molar-refractivity contribution in [3.8, 4) is 0 Å². The molecule has 1 N–H and O–H groups in total. The lowest BCUT2D eigenvalue weighted by Gasteiger charge is -2.08. The van der Waals surface area contributed by atoms with Crippen LogP contribution in [0.3, 0.4) is 0 Å². The van der Waals surface area contributed by atoms with Gasteiger partial charge in [-0.25, -0.2) is 14.8 Å². The summed E-state index contributed by atoms with van der Waals surface area (Å²) < 4.78 is 4.68. The number of ether oxygens (including phenoxy) is 1. The van der Waals surface area contributed by atoms with E-state index in [1.54, 1.807) is 18.2 Å². The van der Waals surface area contributed by atoms with Crippen molar-refractivity contribution in [3.63, 3.8) is 0 Å². The Bertz CT molecular complexity index is 637. The first-order valence-corrected chi connectivity index (χ1v) is 7.25. The van der Waals surface area contributed by atoms with Gasteiger partial charge in [-0.1, -0.05) is 11.6 Å². The highest BCUT2D eigenvalue weighted by Crippen LogP contribution is 2.24. The molecule has 7 heteroatoms. The van der Waals surface area contributed by atoms with Crippen molar-refractivity contribution in [2.24, 2.45) is 0 Å². The quantitative estimate of drug-likeness (QED) is 0.530. The van der Waals surface area contributed by atoms with Gasteiger partial charge in [-0.05, 0) is 24.5 Å². The number of hydrogen-bond acceptors (Lipinski definition) is 6. The number of halogens is 1. The van der Waals surface area contributed by atoms with Crippen LogP contribution in [0.4, 0.5) is 11.5 Å². The first kappa shape index (κ1) is 14.6. The highest BCUT2D eigenvalue weighted by molar-refractivity contribution is 7.98. The van der Waals surface area contributed by atoms with Gasteiger partial charge in [-0.3, -0.25) is 0 Å². The van der Waals surface area contributed by atoms with Gasteiger partial charge in [0.15, 0.2) is 0 Å². The minimum Gasteiger partial charge on any atom is -0.465 e. The number of nitrogens with one attached hydrogen (secondary N) is 1. The lowest BCUT2D eigenvalue weighted by Crippen LogP contribution is -2.03. The average Bonchev–Trinajstić information content (AvgIpc) is 2.48. The van der Waals surface area contributed by atoms with Gasteiger partial charge in [-0.2, -0.15) is 0 Å². The summed E-state index contributed by atoms with van der Waals surface area (Å²) in [6, 6.07) is 6.83. The maximum Gasteiger partial charge on any atom is 0.339 e. The van der Waals surface area contributed by atoms with Crippen LogP contribution in [0.15, 0.2) is 35.6 Å². The first-order valence-electron chi connectivity index (χ1n) is 5.65. The van der Waals surface area contributed by atoms with Crippen molar-refractivity contribution in [3.05, 3.63) is 41.2 Å². The largest absolute Gasteiger partial charge is 0.465 e. The topological polar surface area (TPSA) is 64.1 Å². The second-order valence-electron chi connectivity index (χ2n) is 3.76. The number of thioether (sulfide) groups is 1. The molecule has 0 spiro atoms. The highest BCUT2D eigenvalue weighted by Gasteiger charge is 2.11. The zero-order valence-corrected chi connectivity index (χ0v) is 12.5. The van der Waals surface area contributed by atoms with Crippen LogP contribution >= 0.6 is 23.4 Å². The summed E-state index contributed by atoms with van der Waals surface area (Å²) in [7, 11) is 1.31. The van der Waals surface area contributed by atoms with Gasteiger partial charge in [-0.15, -0.1) is 11.8 Å². The average molecular weight is 310 g/mol. The molecule has 0 bridgehead atoms. The van der Waals surface area contributed by atoms with Gasteiger partial charge in [0.2, 0.25) is 0 Å². The molecule has 1 heterocycles. The summed E-state index contributed by atoms with van der Waals surface area (Å²) in [6.45, 7) is 0. The van der Waals surface area contributed by atoms with E-state index in [4.69, 9.17) is 11.6 Å². The van der Waals surface area contributed by atoms with E-state index < -0.39 is 5.97 Å². The highest BCUT2D eigenvalue weighted by atomic mass is 35.5. The van der Waals surface area contributed by atoms with Crippen LogP contribution in [0.1, 0.15) is 10.4 Å². The molecule has 0 aliphatic heterocycles. The van der Waals surface area contributed by atoms with Crippen LogP contribution in [0, 0.1) is 0 Å². The summed E-state index contributed by atoms with van der Waals surface area (Å²) in [6.07, 6.45) is 3.41. The number of anilines is 2. The normalized spacial score (nSPS) is 10.2. The Hall–Kier alpha value is -1.79. The minimum atomic E-state index is -0.480. The van der Waals surface area contributed by atoms with Gasteiger partial charge < -0.3 is 10.1 Å². The van der Waals surface area contributed by atoms with Crippen molar-refractivity contribution in [1.82, 2.24) is 9.97 Å². The Morgan fingerprint density at radius 1 is 1.35 bits per heavy atom. The van der Waals surface area contributed by atoms with E-state index in [1.807, 2.05) is 12.3 Å². The molecule has 0 saturated carbocycles. The lowest BCUT2D eigenvalue weighted by atomic mass is 10.2. The Balaban J connectivity index is 2.27. The number of esters is 1. The molecule has 2 aromatic rings. The van der Waals surface area contributed by atoms with E-state index in [2.05, 4.69) is 20.0 Å². The summed E-state index contributed by atoms with van der Waals surface area (Å²) in [4.78, 5) is 19.8. The molecule has 0 unspecified atom stereocenters. The van der Waals surface area contributed by atoms with Crippen LogP contribution in [-0.2, 0) is 4.74 Å². The molecule has 104 valence electrons. The third-order valence-corrected chi connectivity index (χ3v) is 3.47. The predicted octanol–water partition coefficient (Wildman–Crippen LogP) is 3.38. The number of carbonyl (C=O) groups excluding carboxylic acids is 1. The van der Waals surface area contributed by atoms with Crippen LogP contribution < -0.4 is 5.32 Å². The predicted molar refractivity (Wildman–Crippen MR) is 79.9 cm³/mol. The molecule has 1 aromatic heterocycles. The van der Waals surface area contributed by atoms with Crippen LogP contribution in [0.2, 0.25) is 5.02 Å². The Morgan fingerprint density at radius 2 is 2.15 bits per heavy atom. The van der Waals surface area contributed by atoms with Crippen LogP contribution in [0.25, 0.3) is 0 Å². The smallest absolute Gasteiger partial charge is 0.339 e. The molecule has 0 aliphatic rings. The second-order valence-corrected chi connectivity index (χ2v) is 4.99. The summed E-state index contributed by atoms with van der Waals surface area (Å²) in [5.41, 5.74) is 0.999. The van der Waals surface area contributed by atoms with Crippen LogP contribution in [-0.4, -0.2) is 29.3 Å². The fourth-order valence-corrected chi connectivity index (χ4v) is 2.11. The number of rotatable bonds is 4. The van der Waals surface area contributed by atoms with Gasteiger partial charge in [0.05, 0.1) is 17.7 Å². The fourth-order valence-electron chi connectivity index (χ4n) is 1.54. The van der Waals surface area contributed by atoms with E-state index >= 15 is 0 Å². The number of methoxy groups -OCH3 is 1. The molecule has 0 radical (unpaired) electrons. The van der Waals surface area contributed by atoms with E-state index in [0.717, 1.165) is 5.03 Å². The molecule has 2 rings (SSSR count). The number of nitrogens with zero attached hydrogens (tertiary/aromatic N) is 2. The Morgan fingerprint density at radius 3 is 2.85 bits per heavy atom. The maximum absolute atomic E-state index is 11.6. The van der Waals surface area contributed by atoms with E-state index in [1.165, 1.54) is 25.2 Å². The zero-order valence-electron chi connectivity index (χ0n) is 10.9.